The standard InChI is InChI=1S/C23H26N4O2S2/c28-31(29,26-23-24-16-25-30-23)19-9-6-10-20-18(15-19)12-13-22(20)27-14-5-4-11-21(27)17-7-2-1-3-8-17/h1-2,7,15-16,21-22H,3-5,8-9,11-14H2,(H,24,25,26)/t21-,22-/m0/s1. The highest BCUT2D eigenvalue weighted by Crippen LogP contribution is 2.39. The molecule has 1 fully saturated rings. The highest BCUT2D eigenvalue weighted by atomic mass is 32.2. The first-order valence-electron chi connectivity index (χ1n) is 10.9. The first-order chi connectivity index (χ1) is 15.1. The second-order valence-electron chi connectivity index (χ2n) is 8.39. The maximum Gasteiger partial charge on any atom is 0.260 e. The molecule has 1 aromatic heterocycles. The van der Waals surface area contributed by atoms with Gasteiger partial charge in [0.25, 0.3) is 10.0 Å². The summed E-state index contributed by atoms with van der Waals surface area (Å²) < 4.78 is 32.2. The minimum absolute atomic E-state index is 0.216. The van der Waals surface area contributed by atoms with Crippen molar-refractivity contribution in [1.29, 1.82) is 0 Å². The molecule has 0 spiro atoms. The van der Waals surface area contributed by atoms with Gasteiger partial charge in [-0.3, -0.25) is 9.62 Å². The molecule has 6 nitrogen and oxygen atoms in total. The molecular weight excluding hydrogens is 428 g/mol. The van der Waals surface area contributed by atoms with Crippen LogP contribution in [0.2, 0.25) is 0 Å². The van der Waals surface area contributed by atoms with Crippen molar-refractivity contribution in [2.45, 2.75) is 63.5 Å². The Morgan fingerprint density at radius 2 is 2.13 bits per heavy atom. The average Bonchev–Trinajstić information content (AvgIpc) is 3.38. The van der Waals surface area contributed by atoms with Crippen LogP contribution in [0.3, 0.4) is 0 Å². The van der Waals surface area contributed by atoms with Gasteiger partial charge in [-0.15, -0.1) is 0 Å². The van der Waals surface area contributed by atoms with E-state index in [1.165, 1.54) is 31.2 Å². The van der Waals surface area contributed by atoms with E-state index in [1.807, 2.05) is 6.08 Å². The van der Waals surface area contributed by atoms with Gasteiger partial charge in [0.05, 0.1) is 4.91 Å². The van der Waals surface area contributed by atoms with Crippen molar-refractivity contribution in [3.05, 3.63) is 52.3 Å². The SMILES string of the molecule is O=S(=O)(Nc1ncns1)C1=CC2=C(C#CC1)[C@@H](N1CCCC[C@H]1C1=CC=CCC1)CC2. The molecule has 8 heteroatoms. The lowest BCUT2D eigenvalue weighted by molar-refractivity contribution is 0.132. The van der Waals surface area contributed by atoms with E-state index in [2.05, 4.69) is 49.0 Å². The fourth-order valence-corrected chi connectivity index (χ4v) is 6.84. The molecule has 0 unspecified atom stereocenters. The van der Waals surface area contributed by atoms with E-state index < -0.39 is 10.0 Å². The first-order valence-corrected chi connectivity index (χ1v) is 13.2. The van der Waals surface area contributed by atoms with Crippen LogP contribution in [0.15, 0.2) is 52.3 Å². The number of hydrogen-bond donors (Lipinski definition) is 1. The quantitative estimate of drug-likeness (QED) is 0.676. The van der Waals surface area contributed by atoms with Gasteiger partial charge in [0.15, 0.2) is 0 Å². The predicted octanol–water partition coefficient (Wildman–Crippen LogP) is 4.16. The zero-order valence-electron chi connectivity index (χ0n) is 17.4. The summed E-state index contributed by atoms with van der Waals surface area (Å²) in [5.41, 5.74) is 3.74. The summed E-state index contributed by atoms with van der Waals surface area (Å²) in [5.74, 6) is 6.50. The number of aromatic nitrogens is 2. The average molecular weight is 455 g/mol. The zero-order valence-corrected chi connectivity index (χ0v) is 19.0. The lowest BCUT2D eigenvalue weighted by Crippen LogP contribution is -2.47. The maximum absolute atomic E-state index is 12.9. The third-order valence-electron chi connectivity index (χ3n) is 6.53. The van der Waals surface area contributed by atoms with E-state index in [4.69, 9.17) is 0 Å². The van der Waals surface area contributed by atoms with Crippen LogP contribution in [0.4, 0.5) is 5.13 Å². The van der Waals surface area contributed by atoms with Crippen LogP contribution in [0.25, 0.3) is 0 Å². The fourth-order valence-electron chi connectivity index (χ4n) is 5.10. The van der Waals surface area contributed by atoms with Crippen molar-refractivity contribution in [2.75, 3.05) is 11.3 Å². The monoisotopic (exact) mass is 454 g/mol. The van der Waals surface area contributed by atoms with E-state index in [0.717, 1.165) is 54.9 Å². The van der Waals surface area contributed by atoms with Gasteiger partial charge in [-0.25, -0.2) is 13.4 Å². The summed E-state index contributed by atoms with van der Waals surface area (Å²) in [6.07, 6.45) is 18.0. The second-order valence-corrected chi connectivity index (χ2v) is 10.9. The Bertz CT molecular complexity index is 1130. The number of piperidine rings is 1. The van der Waals surface area contributed by atoms with Crippen LogP contribution in [0, 0.1) is 11.8 Å². The maximum atomic E-state index is 12.9. The van der Waals surface area contributed by atoms with Gasteiger partial charge in [-0.2, -0.15) is 4.37 Å². The molecule has 0 saturated carbocycles. The molecule has 1 aliphatic heterocycles. The minimum atomic E-state index is -3.69. The Kier molecular flexibility index (Phi) is 5.83. The van der Waals surface area contributed by atoms with Crippen LogP contribution in [-0.4, -0.2) is 41.3 Å². The van der Waals surface area contributed by atoms with Crippen molar-refractivity contribution < 1.29 is 8.42 Å². The summed E-state index contributed by atoms with van der Waals surface area (Å²) >= 11 is 1.03. The van der Waals surface area contributed by atoms with Crippen LogP contribution in [-0.2, 0) is 10.0 Å². The number of nitrogens with zero attached hydrogens (tertiary/aromatic N) is 3. The van der Waals surface area contributed by atoms with Crippen LogP contribution in [0.5, 0.6) is 0 Å². The van der Waals surface area contributed by atoms with Crippen molar-refractivity contribution >= 4 is 26.7 Å². The van der Waals surface area contributed by atoms with Gasteiger partial charge in [0.2, 0.25) is 5.13 Å². The third kappa shape index (κ3) is 4.27. The number of likely N-dealkylation sites (tertiary alicyclic amines) is 1. The number of sulfonamides is 1. The Morgan fingerprint density at radius 3 is 2.94 bits per heavy atom. The molecule has 3 aliphatic carbocycles. The largest absolute Gasteiger partial charge is 0.289 e. The summed E-state index contributed by atoms with van der Waals surface area (Å²) in [4.78, 5) is 6.90. The summed E-state index contributed by atoms with van der Waals surface area (Å²) in [6.45, 7) is 1.09. The van der Waals surface area contributed by atoms with Crippen LogP contribution in [0.1, 0.15) is 51.4 Å². The van der Waals surface area contributed by atoms with Crippen LogP contribution >= 0.6 is 11.5 Å². The van der Waals surface area contributed by atoms with Gasteiger partial charge in [-0.05, 0) is 56.7 Å². The molecule has 0 radical (unpaired) electrons. The molecule has 0 bridgehead atoms. The van der Waals surface area contributed by atoms with Crippen molar-refractivity contribution in [2.24, 2.45) is 0 Å². The molecule has 1 aromatic rings. The van der Waals surface area contributed by atoms with Crippen molar-refractivity contribution in [1.82, 2.24) is 14.3 Å². The highest BCUT2D eigenvalue weighted by Gasteiger charge is 2.36. The van der Waals surface area contributed by atoms with Gasteiger partial charge < -0.3 is 0 Å². The predicted molar refractivity (Wildman–Crippen MR) is 124 cm³/mol. The Balaban J connectivity index is 1.42. The molecule has 2 atom stereocenters. The van der Waals surface area contributed by atoms with Gasteiger partial charge in [0, 0.05) is 35.6 Å². The first kappa shape index (κ1) is 20.7. The number of nitrogens with one attached hydrogen (secondary N) is 1. The highest BCUT2D eigenvalue weighted by molar-refractivity contribution is 7.96. The molecule has 0 amide bonds. The smallest absolute Gasteiger partial charge is 0.260 e. The minimum Gasteiger partial charge on any atom is -0.289 e. The zero-order chi connectivity index (χ0) is 21.3. The molecule has 162 valence electrons. The molecule has 4 aliphatic rings. The lowest BCUT2D eigenvalue weighted by Gasteiger charge is -2.42. The van der Waals surface area contributed by atoms with Crippen molar-refractivity contribution in [3.8, 4) is 11.8 Å². The Hall–Kier alpha value is -2.21. The van der Waals surface area contributed by atoms with Gasteiger partial charge >= 0.3 is 0 Å². The van der Waals surface area contributed by atoms with E-state index in [1.54, 1.807) is 0 Å². The van der Waals surface area contributed by atoms with E-state index >= 15 is 0 Å². The summed E-state index contributed by atoms with van der Waals surface area (Å²) in [6, 6.07) is 0.765. The molecular formula is C23H26N4O2S2. The third-order valence-corrected chi connectivity index (χ3v) is 8.66. The normalized spacial score (nSPS) is 26.5. The Morgan fingerprint density at radius 1 is 1.19 bits per heavy atom. The number of allylic oxidation sites excluding steroid dienone is 6. The summed E-state index contributed by atoms with van der Waals surface area (Å²) in [7, 11) is -3.69. The van der Waals surface area contributed by atoms with Crippen molar-refractivity contribution in [3.63, 3.8) is 0 Å². The van der Waals surface area contributed by atoms with E-state index in [9.17, 15) is 8.42 Å². The van der Waals surface area contributed by atoms with E-state index in [0.29, 0.717) is 10.9 Å². The topological polar surface area (TPSA) is 75.2 Å². The molecule has 1 saturated heterocycles. The molecule has 31 heavy (non-hydrogen) atoms. The lowest BCUT2D eigenvalue weighted by atomic mass is 9.88. The molecule has 0 aromatic carbocycles. The number of anilines is 1. The fraction of sp³-hybridized carbons (Fsp3) is 0.478. The van der Waals surface area contributed by atoms with Gasteiger partial charge in [-0.1, -0.05) is 42.1 Å². The summed E-state index contributed by atoms with van der Waals surface area (Å²) in [5, 5.41) is 0.280. The molecule has 5 rings (SSSR count). The van der Waals surface area contributed by atoms with E-state index in [-0.39, 0.29) is 17.6 Å². The number of rotatable bonds is 5. The molecule has 1 N–H and O–H groups in total. The second kappa shape index (κ2) is 8.73. The number of hydrogen-bond acceptors (Lipinski definition) is 6. The van der Waals surface area contributed by atoms with Crippen LogP contribution < -0.4 is 4.72 Å². The molecule has 2 heterocycles. The Labute approximate surface area is 188 Å². The van der Waals surface area contributed by atoms with Gasteiger partial charge in [0.1, 0.15) is 6.33 Å².